The van der Waals surface area contributed by atoms with Gasteiger partial charge in [-0.15, -0.1) is 0 Å². The smallest absolute Gasteiger partial charge is 0.260 e. The fourth-order valence-electron chi connectivity index (χ4n) is 3.57. The second-order valence-corrected chi connectivity index (χ2v) is 6.03. The number of aromatic amines is 1. The Bertz CT molecular complexity index is 590. The first-order valence-corrected chi connectivity index (χ1v) is 8.10. The highest BCUT2D eigenvalue weighted by Crippen LogP contribution is 2.48. The van der Waals surface area contributed by atoms with Crippen molar-refractivity contribution in [2.24, 2.45) is 5.41 Å². The molecule has 2 rings (SSSR count). The molecule has 1 saturated carbocycles. The van der Waals surface area contributed by atoms with Gasteiger partial charge in [0.1, 0.15) is 5.56 Å². The Kier molecular flexibility index (Phi) is 5.06. The van der Waals surface area contributed by atoms with E-state index < -0.39 is 0 Å². The number of hydrogen-bond donors (Lipinski definition) is 2. The molecule has 2 N–H and O–H groups in total. The monoisotopic (exact) mass is 306 g/mol. The Morgan fingerprint density at radius 1 is 1.36 bits per heavy atom. The van der Waals surface area contributed by atoms with Crippen molar-refractivity contribution >= 4 is 5.91 Å². The third-order valence-corrected chi connectivity index (χ3v) is 5.07. The molecule has 2 unspecified atom stereocenters. The van der Waals surface area contributed by atoms with Crippen LogP contribution in [0.15, 0.2) is 16.9 Å². The number of nitrogens with one attached hydrogen (secondary N) is 2. The van der Waals surface area contributed by atoms with Gasteiger partial charge >= 0.3 is 0 Å². The van der Waals surface area contributed by atoms with Crippen LogP contribution >= 0.6 is 0 Å². The number of pyridine rings is 1. The molecule has 0 bridgehead atoms. The second kappa shape index (κ2) is 6.65. The number of rotatable bonds is 6. The number of amides is 1. The first kappa shape index (κ1) is 16.7. The lowest BCUT2D eigenvalue weighted by atomic mass is 9.58. The highest BCUT2D eigenvalue weighted by Gasteiger charge is 2.53. The van der Waals surface area contributed by atoms with E-state index >= 15 is 0 Å². The lowest BCUT2D eigenvalue weighted by Gasteiger charge is -2.55. The van der Waals surface area contributed by atoms with Gasteiger partial charge in [0.05, 0.1) is 6.10 Å². The van der Waals surface area contributed by atoms with E-state index in [-0.39, 0.29) is 34.6 Å². The number of carbonyl (C=O) groups is 1. The van der Waals surface area contributed by atoms with Crippen molar-refractivity contribution in [2.45, 2.75) is 59.1 Å². The van der Waals surface area contributed by atoms with Crippen LogP contribution in [0.4, 0.5) is 0 Å². The predicted octanol–water partition coefficient (Wildman–Crippen LogP) is 2.40. The molecule has 1 aromatic rings. The molecule has 22 heavy (non-hydrogen) atoms. The minimum absolute atomic E-state index is 0.0247. The fraction of sp³-hybridized carbons (Fsp3) is 0.647. The van der Waals surface area contributed by atoms with Crippen molar-refractivity contribution in [3.63, 3.8) is 0 Å². The fourth-order valence-corrected chi connectivity index (χ4v) is 3.57. The summed E-state index contributed by atoms with van der Waals surface area (Å²) < 4.78 is 5.81. The van der Waals surface area contributed by atoms with Crippen LogP contribution in [-0.2, 0) is 4.74 Å². The number of hydrogen-bond acceptors (Lipinski definition) is 3. The van der Waals surface area contributed by atoms with E-state index in [1.807, 2.05) is 6.92 Å². The summed E-state index contributed by atoms with van der Waals surface area (Å²) in [6.45, 7) is 8.73. The number of carbonyl (C=O) groups excluding carboxylic acids is 1. The Labute approximate surface area is 131 Å². The molecule has 5 nitrogen and oxygen atoms in total. The zero-order valence-corrected chi connectivity index (χ0v) is 13.9. The summed E-state index contributed by atoms with van der Waals surface area (Å²) >= 11 is 0. The normalized spacial score (nSPS) is 22.9. The standard InChI is InChI=1S/C17H26N2O3/c1-5-17(6-2)13(10-14(17)22-7-3)19-16(21)12-9-8-11(4)18-15(12)20/h8-9,13-14H,5-7,10H2,1-4H3,(H,18,20)(H,19,21). The van der Waals surface area contributed by atoms with Gasteiger partial charge in [0.2, 0.25) is 0 Å². The molecular formula is C17H26N2O3. The maximum Gasteiger partial charge on any atom is 0.260 e. The molecule has 0 radical (unpaired) electrons. The number of ether oxygens (including phenoxy) is 1. The van der Waals surface area contributed by atoms with E-state index in [9.17, 15) is 9.59 Å². The van der Waals surface area contributed by atoms with Gasteiger partial charge in [-0.3, -0.25) is 9.59 Å². The third kappa shape index (κ3) is 2.82. The van der Waals surface area contributed by atoms with E-state index in [1.54, 1.807) is 19.1 Å². The Morgan fingerprint density at radius 2 is 2.05 bits per heavy atom. The third-order valence-electron chi connectivity index (χ3n) is 5.07. The van der Waals surface area contributed by atoms with Crippen molar-refractivity contribution in [3.05, 3.63) is 33.7 Å². The minimum Gasteiger partial charge on any atom is -0.378 e. The van der Waals surface area contributed by atoms with E-state index in [0.717, 1.165) is 25.0 Å². The summed E-state index contributed by atoms with van der Waals surface area (Å²) in [5.74, 6) is -0.299. The van der Waals surface area contributed by atoms with E-state index in [0.29, 0.717) is 6.61 Å². The molecule has 1 fully saturated rings. The number of aromatic nitrogens is 1. The lowest BCUT2D eigenvalue weighted by Crippen LogP contribution is -2.64. The summed E-state index contributed by atoms with van der Waals surface area (Å²) in [6, 6.07) is 3.39. The molecule has 5 heteroatoms. The van der Waals surface area contributed by atoms with Crippen LogP contribution < -0.4 is 10.9 Å². The van der Waals surface area contributed by atoms with Crippen LogP contribution in [0.3, 0.4) is 0 Å². The first-order valence-electron chi connectivity index (χ1n) is 8.10. The largest absolute Gasteiger partial charge is 0.378 e. The zero-order chi connectivity index (χ0) is 16.3. The average Bonchev–Trinajstić information content (AvgIpc) is 2.47. The summed E-state index contributed by atoms with van der Waals surface area (Å²) in [5, 5.41) is 3.04. The Morgan fingerprint density at radius 3 is 2.59 bits per heavy atom. The van der Waals surface area contributed by atoms with Crippen LogP contribution in [0, 0.1) is 12.3 Å². The number of aryl methyl sites for hydroxylation is 1. The molecule has 0 aliphatic heterocycles. The van der Waals surface area contributed by atoms with Crippen molar-refractivity contribution in [3.8, 4) is 0 Å². The maximum atomic E-state index is 12.4. The van der Waals surface area contributed by atoms with Gasteiger partial charge in [-0.2, -0.15) is 0 Å². The lowest BCUT2D eigenvalue weighted by molar-refractivity contribution is -0.134. The van der Waals surface area contributed by atoms with Gasteiger partial charge < -0.3 is 15.0 Å². The van der Waals surface area contributed by atoms with Gasteiger partial charge in [0, 0.05) is 23.8 Å². The number of H-pyrrole nitrogens is 1. The van der Waals surface area contributed by atoms with Gasteiger partial charge in [0.25, 0.3) is 11.5 Å². The van der Waals surface area contributed by atoms with Gasteiger partial charge in [0.15, 0.2) is 0 Å². The van der Waals surface area contributed by atoms with Crippen LogP contribution in [-0.4, -0.2) is 29.6 Å². The quantitative estimate of drug-likeness (QED) is 0.847. The molecule has 1 aromatic heterocycles. The molecule has 0 saturated heterocycles. The summed E-state index contributed by atoms with van der Waals surface area (Å²) in [6.07, 6.45) is 2.90. The predicted molar refractivity (Wildman–Crippen MR) is 86.1 cm³/mol. The van der Waals surface area contributed by atoms with Crippen molar-refractivity contribution < 1.29 is 9.53 Å². The maximum absolute atomic E-state index is 12.4. The first-order chi connectivity index (χ1) is 10.5. The average molecular weight is 306 g/mol. The SMILES string of the molecule is CCOC1CC(NC(=O)c2ccc(C)[nH]c2=O)C1(CC)CC. The van der Waals surface area contributed by atoms with Crippen molar-refractivity contribution in [1.29, 1.82) is 0 Å². The van der Waals surface area contributed by atoms with Crippen LogP contribution in [0.1, 0.15) is 56.1 Å². The topological polar surface area (TPSA) is 71.2 Å². The Balaban J connectivity index is 2.13. The highest BCUT2D eigenvalue weighted by atomic mass is 16.5. The molecule has 1 heterocycles. The van der Waals surface area contributed by atoms with Crippen molar-refractivity contribution in [2.75, 3.05) is 6.61 Å². The van der Waals surface area contributed by atoms with Gasteiger partial charge in [-0.1, -0.05) is 13.8 Å². The van der Waals surface area contributed by atoms with Crippen LogP contribution in [0.5, 0.6) is 0 Å². The molecular weight excluding hydrogens is 280 g/mol. The molecule has 0 spiro atoms. The highest BCUT2D eigenvalue weighted by molar-refractivity contribution is 5.94. The summed E-state index contributed by atoms with van der Waals surface area (Å²) in [5.41, 5.74) is 0.560. The van der Waals surface area contributed by atoms with Gasteiger partial charge in [-0.25, -0.2) is 0 Å². The summed E-state index contributed by atoms with van der Waals surface area (Å²) in [7, 11) is 0. The van der Waals surface area contributed by atoms with Crippen LogP contribution in [0.25, 0.3) is 0 Å². The van der Waals surface area contributed by atoms with E-state index in [1.165, 1.54) is 0 Å². The van der Waals surface area contributed by atoms with E-state index in [2.05, 4.69) is 24.1 Å². The Hall–Kier alpha value is -1.62. The molecule has 2 atom stereocenters. The minimum atomic E-state index is -0.336. The molecule has 122 valence electrons. The molecule has 1 aliphatic rings. The van der Waals surface area contributed by atoms with Gasteiger partial charge in [-0.05, 0) is 45.2 Å². The molecule has 0 aromatic carbocycles. The second-order valence-electron chi connectivity index (χ2n) is 6.03. The summed E-state index contributed by atoms with van der Waals surface area (Å²) in [4.78, 5) is 27.0. The molecule has 1 amide bonds. The van der Waals surface area contributed by atoms with E-state index in [4.69, 9.17) is 4.74 Å². The molecule has 1 aliphatic carbocycles. The van der Waals surface area contributed by atoms with Crippen molar-refractivity contribution in [1.82, 2.24) is 10.3 Å². The zero-order valence-electron chi connectivity index (χ0n) is 13.9. The van der Waals surface area contributed by atoms with Crippen LogP contribution in [0.2, 0.25) is 0 Å².